The molecule has 5 rings (SSSR count). The molecule has 4 aromatic rings. The summed E-state index contributed by atoms with van der Waals surface area (Å²) < 4.78 is 3.12. The summed E-state index contributed by atoms with van der Waals surface area (Å²) in [5, 5.41) is 1.26. The van der Waals surface area contributed by atoms with Crippen molar-refractivity contribution in [3.8, 4) is 0 Å². The number of amides is 2. The quantitative estimate of drug-likeness (QED) is 0.250. The van der Waals surface area contributed by atoms with Crippen molar-refractivity contribution in [2.75, 3.05) is 0 Å². The minimum Gasteiger partial charge on any atom is -0.342 e. The summed E-state index contributed by atoms with van der Waals surface area (Å²) in [5.41, 5.74) is 3.88. The minimum atomic E-state index is -0.302. The van der Waals surface area contributed by atoms with Crippen LogP contribution >= 0.6 is 39.3 Å². The Balaban J connectivity index is 1.50. The Morgan fingerprint density at radius 2 is 1.70 bits per heavy atom. The third-order valence-corrected chi connectivity index (χ3v) is 7.29. The normalized spacial score (nSPS) is 15.2. The first-order chi connectivity index (χ1) is 16.0. The summed E-state index contributed by atoms with van der Waals surface area (Å²) in [6.45, 7) is 0.865. The first-order valence-corrected chi connectivity index (χ1v) is 12.3. The van der Waals surface area contributed by atoms with Crippen molar-refractivity contribution >= 4 is 67.4 Å². The van der Waals surface area contributed by atoms with E-state index in [1.54, 1.807) is 6.07 Å². The van der Waals surface area contributed by atoms with Crippen LogP contribution in [0.15, 0.2) is 88.4 Å². The number of fused-ring (bicyclic) bond motifs is 1. The maximum Gasteiger partial charge on any atom is 0.293 e. The van der Waals surface area contributed by atoms with Crippen LogP contribution in [0.25, 0.3) is 17.0 Å². The molecule has 33 heavy (non-hydrogen) atoms. The summed E-state index contributed by atoms with van der Waals surface area (Å²) in [6.07, 6.45) is 3.85. The third-order valence-electron chi connectivity index (χ3n) is 5.52. The van der Waals surface area contributed by atoms with Gasteiger partial charge in [-0.1, -0.05) is 76.1 Å². The first kappa shape index (κ1) is 22.0. The van der Waals surface area contributed by atoms with Gasteiger partial charge in [0.1, 0.15) is 0 Å². The summed E-state index contributed by atoms with van der Waals surface area (Å²) in [7, 11) is 0. The van der Waals surface area contributed by atoms with Crippen LogP contribution in [0.1, 0.15) is 16.7 Å². The van der Waals surface area contributed by atoms with E-state index in [1.165, 1.54) is 10.5 Å². The average molecular weight is 538 g/mol. The molecule has 2 amide bonds. The molecule has 1 aromatic heterocycles. The zero-order chi connectivity index (χ0) is 22.9. The molecular weight excluding hydrogens is 520 g/mol. The molecule has 164 valence electrons. The van der Waals surface area contributed by atoms with E-state index in [1.807, 2.05) is 60.8 Å². The van der Waals surface area contributed by atoms with Crippen molar-refractivity contribution in [1.29, 1.82) is 0 Å². The number of halogens is 2. The fourth-order valence-electron chi connectivity index (χ4n) is 3.90. The second-order valence-electron chi connectivity index (χ2n) is 7.72. The predicted molar refractivity (Wildman–Crippen MR) is 138 cm³/mol. The van der Waals surface area contributed by atoms with Gasteiger partial charge in [0.25, 0.3) is 11.1 Å². The van der Waals surface area contributed by atoms with Crippen LogP contribution in [-0.2, 0) is 17.9 Å². The fourth-order valence-corrected chi connectivity index (χ4v) is 5.28. The molecule has 4 nitrogen and oxygen atoms in total. The number of hydrogen-bond acceptors (Lipinski definition) is 3. The molecule has 0 aliphatic carbocycles. The van der Waals surface area contributed by atoms with Crippen LogP contribution in [-0.4, -0.2) is 20.6 Å². The van der Waals surface area contributed by atoms with Crippen molar-refractivity contribution in [2.24, 2.45) is 0 Å². The molecule has 0 atom stereocenters. The highest BCUT2D eigenvalue weighted by molar-refractivity contribution is 9.10. The number of hydrogen-bond donors (Lipinski definition) is 0. The molecule has 1 saturated heterocycles. The lowest BCUT2D eigenvalue weighted by molar-refractivity contribution is -0.123. The number of carbonyl (C=O) groups is 2. The van der Waals surface area contributed by atoms with Gasteiger partial charge in [-0.2, -0.15) is 0 Å². The van der Waals surface area contributed by atoms with E-state index in [-0.39, 0.29) is 17.7 Å². The maximum atomic E-state index is 13.1. The monoisotopic (exact) mass is 536 g/mol. The number of carbonyl (C=O) groups excluding carboxylic acids is 2. The number of nitrogens with zero attached hydrogens (tertiary/aromatic N) is 2. The number of rotatable bonds is 5. The summed E-state index contributed by atoms with van der Waals surface area (Å²) in [5.74, 6) is -0.302. The SMILES string of the molecule is O=C1S/C(=C\c2cn(Cc3ccccc3)c3ccc(Br)cc23)C(=O)N1Cc1ccccc1Cl. The molecule has 0 spiro atoms. The Kier molecular flexibility index (Phi) is 6.15. The van der Waals surface area contributed by atoms with Crippen LogP contribution in [0.3, 0.4) is 0 Å². The predicted octanol–water partition coefficient (Wildman–Crippen LogP) is 7.34. The standard InChI is InChI=1S/C26H18BrClN2O2S/c27-20-10-11-23-21(13-20)19(15-29(23)14-17-6-2-1-3-7-17)12-24-25(31)30(26(32)33-24)16-18-8-4-5-9-22(18)28/h1-13,15H,14,16H2/b24-12-. The highest BCUT2D eigenvalue weighted by Gasteiger charge is 2.35. The van der Waals surface area contributed by atoms with Gasteiger partial charge in [0.2, 0.25) is 0 Å². The highest BCUT2D eigenvalue weighted by Crippen LogP contribution is 2.36. The van der Waals surface area contributed by atoms with Crippen LogP contribution in [0.5, 0.6) is 0 Å². The van der Waals surface area contributed by atoms with Crippen LogP contribution < -0.4 is 0 Å². The molecule has 0 N–H and O–H groups in total. The van der Waals surface area contributed by atoms with Gasteiger partial charge < -0.3 is 4.57 Å². The van der Waals surface area contributed by atoms with Gasteiger partial charge in [0.15, 0.2) is 0 Å². The third kappa shape index (κ3) is 4.51. The Hall–Kier alpha value is -2.80. The molecular formula is C26H18BrClN2O2S. The van der Waals surface area contributed by atoms with Gasteiger partial charge in [-0.3, -0.25) is 14.5 Å². The van der Waals surface area contributed by atoms with Gasteiger partial charge in [-0.25, -0.2) is 0 Å². The number of imide groups is 1. The van der Waals surface area contributed by atoms with E-state index >= 15 is 0 Å². The topological polar surface area (TPSA) is 42.3 Å². The zero-order valence-electron chi connectivity index (χ0n) is 17.4. The fraction of sp³-hybridized carbons (Fsp3) is 0.0769. The Morgan fingerprint density at radius 3 is 2.48 bits per heavy atom. The highest BCUT2D eigenvalue weighted by atomic mass is 79.9. The molecule has 3 aromatic carbocycles. The Morgan fingerprint density at radius 1 is 0.939 bits per heavy atom. The molecule has 0 bridgehead atoms. The van der Waals surface area contributed by atoms with Crippen LogP contribution in [0, 0.1) is 0 Å². The Bertz CT molecular complexity index is 1410. The maximum absolute atomic E-state index is 13.1. The van der Waals surface area contributed by atoms with Gasteiger partial charge in [0.05, 0.1) is 11.4 Å². The van der Waals surface area contributed by atoms with Crippen molar-refractivity contribution in [1.82, 2.24) is 9.47 Å². The molecule has 0 radical (unpaired) electrons. The zero-order valence-corrected chi connectivity index (χ0v) is 20.5. The number of aromatic nitrogens is 1. The average Bonchev–Trinajstić information content (AvgIpc) is 3.27. The minimum absolute atomic E-state index is 0.156. The van der Waals surface area contributed by atoms with Crippen LogP contribution in [0.2, 0.25) is 5.02 Å². The van der Waals surface area contributed by atoms with Crippen molar-refractivity contribution in [3.05, 3.63) is 110 Å². The van der Waals surface area contributed by atoms with Gasteiger partial charge in [-0.15, -0.1) is 0 Å². The van der Waals surface area contributed by atoms with Crippen molar-refractivity contribution in [3.63, 3.8) is 0 Å². The van der Waals surface area contributed by atoms with E-state index in [9.17, 15) is 9.59 Å². The van der Waals surface area contributed by atoms with Crippen LogP contribution in [0.4, 0.5) is 4.79 Å². The van der Waals surface area contributed by atoms with E-state index in [0.29, 0.717) is 16.5 Å². The lowest BCUT2D eigenvalue weighted by Crippen LogP contribution is -2.27. The Labute approximate surface area is 209 Å². The van der Waals surface area contributed by atoms with E-state index in [0.717, 1.165) is 38.3 Å². The smallest absolute Gasteiger partial charge is 0.293 e. The molecule has 0 saturated carbocycles. The molecule has 1 aliphatic heterocycles. The van der Waals surface area contributed by atoms with Gasteiger partial charge in [-0.05, 0) is 53.2 Å². The summed E-state index contributed by atoms with van der Waals surface area (Å²) in [4.78, 5) is 27.4. The number of benzene rings is 3. The van der Waals surface area contributed by atoms with Crippen molar-refractivity contribution < 1.29 is 9.59 Å². The molecule has 0 unspecified atom stereocenters. The number of thioether (sulfide) groups is 1. The van der Waals surface area contributed by atoms with E-state index in [4.69, 9.17) is 11.6 Å². The summed E-state index contributed by atoms with van der Waals surface area (Å²) >= 11 is 10.8. The van der Waals surface area contributed by atoms with Gasteiger partial charge >= 0.3 is 0 Å². The lowest BCUT2D eigenvalue weighted by atomic mass is 10.1. The lowest BCUT2D eigenvalue weighted by Gasteiger charge is -2.13. The molecule has 2 heterocycles. The summed E-state index contributed by atoms with van der Waals surface area (Å²) in [6, 6.07) is 23.6. The second-order valence-corrected chi connectivity index (χ2v) is 10.0. The molecule has 1 fully saturated rings. The largest absolute Gasteiger partial charge is 0.342 e. The van der Waals surface area contributed by atoms with E-state index in [2.05, 4.69) is 38.7 Å². The van der Waals surface area contributed by atoms with Crippen molar-refractivity contribution in [2.45, 2.75) is 13.1 Å². The molecule has 7 heteroatoms. The second kappa shape index (κ2) is 9.21. The van der Waals surface area contributed by atoms with Gasteiger partial charge in [0, 0.05) is 38.7 Å². The molecule has 1 aliphatic rings. The first-order valence-electron chi connectivity index (χ1n) is 10.3. The van der Waals surface area contributed by atoms with E-state index < -0.39 is 0 Å².